The summed E-state index contributed by atoms with van der Waals surface area (Å²) >= 11 is 0. The number of amides is 2. The van der Waals surface area contributed by atoms with Gasteiger partial charge in [0.2, 0.25) is 11.8 Å². The van der Waals surface area contributed by atoms with Crippen LogP contribution in [0.4, 0.5) is 0 Å². The standard InChI is InChI=1S/C14H25N3O3/c1-4-16-5-7-17(8-6-16)14(20)9(2)12-11(10(3)18)13(19)15-12/h9-12,18H,4-8H2,1-3H3,(H,15,19)/t9-,10-,11-,12-/m1/s1. The van der Waals surface area contributed by atoms with Crippen molar-refractivity contribution in [2.45, 2.75) is 32.9 Å². The number of hydrogen-bond acceptors (Lipinski definition) is 4. The van der Waals surface area contributed by atoms with Crippen LogP contribution >= 0.6 is 0 Å². The van der Waals surface area contributed by atoms with Gasteiger partial charge in [0.1, 0.15) is 0 Å². The summed E-state index contributed by atoms with van der Waals surface area (Å²) in [6.45, 7) is 9.89. The maximum Gasteiger partial charge on any atom is 0.228 e. The van der Waals surface area contributed by atoms with E-state index >= 15 is 0 Å². The van der Waals surface area contributed by atoms with Crippen LogP contribution < -0.4 is 5.32 Å². The van der Waals surface area contributed by atoms with E-state index in [9.17, 15) is 14.7 Å². The van der Waals surface area contributed by atoms with E-state index in [0.717, 1.165) is 32.7 Å². The lowest BCUT2D eigenvalue weighted by Crippen LogP contribution is -2.66. The van der Waals surface area contributed by atoms with Crippen LogP contribution in [0.5, 0.6) is 0 Å². The number of carbonyl (C=O) groups is 2. The highest BCUT2D eigenvalue weighted by molar-refractivity contribution is 5.90. The molecule has 2 rings (SSSR count). The third kappa shape index (κ3) is 2.81. The molecule has 2 N–H and O–H groups in total. The fraction of sp³-hybridized carbons (Fsp3) is 0.857. The summed E-state index contributed by atoms with van der Waals surface area (Å²) < 4.78 is 0. The van der Waals surface area contributed by atoms with Crippen LogP contribution in [0, 0.1) is 11.8 Å². The van der Waals surface area contributed by atoms with E-state index in [0.29, 0.717) is 0 Å². The van der Waals surface area contributed by atoms with Crippen molar-refractivity contribution in [1.82, 2.24) is 15.1 Å². The fourth-order valence-electron chi connectivity index (χ4n) is 3.10. The Balaban J connectivity index is 1.91. The van der Waals surface area contributed by atoms with Crippen LogP contribution in [0.15, 0.2) is 0 Å². The molecular formula is C14H25N3O3. The minimum atomic E-state index is -0.707. The predicted octanol–water partition coefficient (Wildman–Crippen LogP) is -0.718. The zero-order chi connectivity index (χ0) is 14.9. The van der Waals surface area contributed by atoms with Gasteiger partial charge in [-0.15, -0.1) is 0 Å². The fourth-order valence-corrected chi connectivity index (χ4v) is 3.10. The van der Waals surface area contributed by atoms with Gasteiger partial charge >= 0.3 is 0 Å². The number of likely N-dealkylation sites (N-methyl/N-ethyl adjacent to an activating group) is 1. The zero-order valence-corrected chi connectivity index (χ0v) is 12.5. The van der Waals surface area contributed by atoms with Gasteiger partial charge in [-0.05, 0) is 13.5 Å². The monoisotopic (exact) mass is 283 g/mol. The summed E-state index contributed by atoms with van der Waals surface area (Å²) in [5.41, 5.74) is 0. The van der Waals surface area contributed by atoms with Gasteiger partial charge in [0.15, 0.2) is 0 Å². The van der Waals surface area contributed by atoms with Gasteiger partial charge in [-0.25, -0.2) is 0 Å². The quantitative estimate of drug-likeness (QED) is 0.668. The highest BCUT2D eigenvalue weighted by Crippen LogP contribution is 2.27. The smallest absolute Gasteiger partial charge is 0.228 e. The molecular weight excluding hydrogens is 258 g/mol. The minimum Gasteiger partial charge on any atom is -0.393 e. The first-order chi connectivity index (χ1) is 9.45. The molecule has 0 spiro atoms. The highest BCUT2D eigenvalue weighted by atomic mass is 16.3. The minimum absolute atomic E-state index is 0.0800. The zero-order valence-electron chi connectivity index (χ0n) is 12.5. The average molecular weight is 283 g/mol. The average Bonchev–Trinajstić information content (AvgIpc) is 2.42. The normalized spacial score (nSPS) is 30.4. The molecule has 0 aromatic carbocycles. The molecule has 2 fully saturated rings. The number of nitrogens with zero attached hydrogens (tertiary/aromatic N) is 2. The topological polar surface area (TPSA) is 72.9 Å². The van der Waals surface area contributed by atoms with Crippen LogP contribution in [-0.2, 0) is 9.59 Å². The number of carbonyl (C=O) groups excluding carboxylic acids is 2. The van der Waals surface area contributed by atoms with Crippen LogP contribution in [0.2, 0.25) is 0 Å². The van der Waals surface area contributed by atoms with Crippen molar-refractivity contribution in [3.05, 3.63) is 0 Å². The first-order valence-corrected chi connectivity index (χ1v) is 7.45. The van der Waals surface area contributed by atoms with E-state index in [1.165, 1.54) is 0 Å². The van der Waals surface area contributed by atoms with Gasteiger partial charge in [0.25, 0.3) is 0 Å². The molecule has 2 saturated heterocycles. The summed E-state index contributed by atoms with van der Waals surface area (Å²) in [6.07, 6.45) is -0.707. The summed E-state index contributed by atoms with van der Waals surface area (Å²) in [6, 6.07) is -0.237. The molecule has 2 heterocycles. The Kier molecular flexibility index (Phi) is 4.65. The number of hydrogen-bond donors (Lipinski definition) is 2. The van der Waals surface area contributed by atoms with Crippen molar-refractivity contribution in [2.75, 3.05) is 32.7 Å². The number of nitrogens with one attached hydrogen (secondary N) is 1. The van der Waals surface area contributed by atoms with E-state index < -0.39 is 12.0 Å². The second kappa shape index (κ2) is 6.10. The Morgan fingerprint density at radius 2 is 1.95 bits per heavy atom. The molecule has 2 aliphatic heterocycles. The van der Waals surface area contributed by atoms with Crippen molar-refractivity contribution in [3.8, 4) is 0 Å². The molecule has 2 aliphatic rings. The van der Waals surface area contributed by atoms with Gasteiger partial charge < -0.3 is 20.2 Å². The second-order valence-corrected chi connectivity index (χ2v) is 5.85. The summed E-state index contributed by atoms with van der Waals surface area (Å²) in [5, 5.41) is 12.4. The summed E-state index contributed by atoms with van der Waals surface area (Å²) in [7, 11) is 0. The van der Waals surface area contributed by atoms with E-state index in [1.807, 2.05) is 11.8 Å². The molecule has 0 bridgehead atoms. The van der Waals surface area contributed by atoms with Gasteiger partial charge in [0.05, 0.1) is 24.0 Å². The molecule has 4 atom stereocenters. The lowest BCUT2D eigenvalue weighted by Gasteiger charge is -2.43. The van der Waals surface area contributed by atoms with Crippen molar-refractivity contribution in [1.29, 1.82) is 0 Å². The van der Waals surface area contributed by atoms with Crippen molar-refractivity contribution in [3.63, 3.8) is 0 Å². The highest BCUT2D eigenvalue weighted by Gasteiger charge is 2.47. The van der Waals surface area contributed by atoms with Crippen LogP contribution in [0.1, 0.15) is 20.8 Å². The van der Waals surface area contributed by atoms with E-state index in [-0.39, 0.29) is 23.8 Å². The summed E-state index contributed by atoms with van der Waals surface area (Å²) in [4.78, 5) is 28.1. The Morgan fingerprint density at radius 3 is 2.40 bits per heavy atom. The third-order valence-corrected chi connectivity index (χ3v) is 4.58. The molecule has 0 saturated carbocycles. The number of β-lactam (4-membered cyclic amide) rings is 1. The lowest BCUT2D eigenvalue weighted by molar-refractivity contribution is -0.149. The van der Waals surface area contributed by atoms with Crippen molar-refractivity contribution >= 4 is 11.8 Å². The molecule has 2 amide bonds. The number of piperazine rings is 1. The molecule has 0 aliphatic carbocycles. The lowest BCUT2D eigenvalue weighted by atomic mass is 9.78. The maximum absolute atomic E-state index is 12.5. The van der Waals surface area contributed by atoms with Crippen molar-refractivity contribution < 1.29 is 14.7 Å². The molecule has 0 unspecified atom stereocenters. The van der Waals surface area contributed by atoms with E-state index in [4.69, 9.17) is 0 Å². The maximum atomic E-state index is 12.5. The Bertz CT molecular complexity index is 378. The van der Waals surface area contributed by atoms with Crippen molar-refractivity contribution in [2.24, 2.45) is 11.8 Å². The second-order valence-electron chi connectivity index (χ2n) is 5.85. The number of rotatable bonds is 4. The Labute approximate surface area is 120 Å². The molecule has 0 radical (unpaired) electrons. The van der Waals surface area contributed by atoms with Gasteiger partial charge in [-0.2, -0.15) is 0 Å². The summed E-state index contributed by atoms with van der Waals surface area (Å²) in [5.74, 6) is -0.803. The van der Waals surface area contributed by atoms with Gasteiger partial charge in [0, 0.05) is 26.2 Å². The van der Waals surface area contributed by atoms with Crippen LogP contribution in [0.3, 0.4) is 0 Å². The predicted molar refractivity (Wildman–Crippen MR) is 75.0 cm³/mol. The first kappa shape index (κ1) is 15.3. The van der Waals surface area contributed by atoms with Crippen LogP contribution in [0.25, 0.3) is 0 Å². The molecule has 6 heteroatoms. The van der Waals surface area contributed by atoms with E-state index in [2.05, 4.69) is 17.1 Å². The van der Waals surface area contributed by atoms with E-state index in [1.54, 1.807) is 6.92 Å². The molecule has 6 nitrogen and oxygen atoms in total. The number of aliphatic hydroxyl groups is 1. The van der Waals surface area contributed by atoms with Gasteiger partial charge in [-0.1, -0.05) is 13.8 Å². The molecule has 0 aromatic rings. The molecule has 0 aromatic heterocycles. The Hall–Kier alpha value is -1.14. The van der Waals surface area contributed by atoms with Crippen LogP contribution in [-0.4, -0.2) is 71.6 Å². The third-order valence-electron chi connectivity index (χ3n) is 4.58. The molecule has 20 heavy (non-hydrogen) atoms. The first-order valence-electron chi connectivity index (χ1n) is 7.45. The Morgan fingerprint density at radius 1 is 1.35 bits per heavy atom. The number of aliphatic hydroxyl groups excluding tert-OH is 1. The molecule has 114 valence electrons. The SMILES string of the molecule is CCN1CCN(C(=O)[C@H](C)[C@H]2NC(=O)[C@@H]2[C@@H](C)O)CC1. The van der Waals surface area contributed by atoms with Gasteiger partial charge in [-0.3, -0.25) is 9.59 Å². The largest absolute Gasteiger partial charge is 0.393 e.